The van der Waals surface area contributed by atoms with Gasteiger partial charge in [-0.2, -0.15) is 0 Å². The predicted molar refractivity (Wildman–Crippen MR) is 280 cm³/mol. The summed E-state index contributed by atoms with van der Waals surface area (Å²) in [6.45, 7) is 6.61. The Morgan fingerprint density at radius 1 is 0.246 bits per heavy atom. The minimum absolute atomic E-state index is 0.0631. The van der Waals surface area contributed by atoms with E-state index in [0.29, 0.717) is 19.3 Å². The van der Waals surface area contributed by atoms with Crippen molar-refractivity contribution in [1.29, 1.82) is 0 Å². The monoisotopic (exact) mass is 919 g/mol. The summed E-state index contributed by atoms with van der Waals surface area (Å²) in [5.41, 5.74) is 0. The third-order valence-electron chi connectivity index (χ3n) is 13.6. The van der Waals surface area contributed by atoms with Gasteiger partial charge in [0.1, 0.15) is 13.2 Å². The summed E-state index contributed by atoms with van der Waals surface area (Å²) in [6, 6.07) is 0. The van der Waals surface area contributed by atoms with Crippen molar-refractivity contribution in [2.75, 3.05) is 13.2 Å². The molecule has 0 aliphatic rings. The molecule has 0 N–H and O–H groups in total. The van der Waals surface area contributed by atoms with Gasteiger partial charge in [-0.1, -0.05) is 303 Å². The molecule has 0 spiro atoms. The van der Waals surface area contributed by atoms with Crippen LogP contribution in [-0.4, -0.2) is 37.2 Å². The Morgan fingerprint density at radius 2 is 0.415 bits per heavy atom. The number of hydrogen-bond donors (Lipinski definition) is 0. The lowest BCUT2D eigenvalue weighted by atomic mass is 10.0. The predicted octanol–water partition coefficient (Wildman–Crippen LogP) is 19.5. The zero-order valence-electron chi connectivity index (χ0n) is 44.3. The van der Waals surface area contributed by atoms with Crippen LogP contribution in [0.4, 0.5) is 0 Å². The topological polar surface area (TPSA) is 78.9 Å². The highest BCUT2D eigenvalue weighted by molar-refractivity contribution is 5.71. The van der Waals surface area contributed by atoms with Gasteiger partial charge in [0.05, 0.1) is 0 Å². The summed E-state index contributed by atoms with van der Waals surface area (Å²) < 4.78 is 16.7. The number of ether oxygens (including phenoxy) is 3. The number of esters is 3. The molecule has 1 atom stereocenters. The van der Waals surface area contributed by atoms with Crippen molar-refractivity contribution in [2.24, 2.45) is 0 Å². The Hall–Kier alpha value is -1.59. The van der Waals surface area contributed by atoms with Crippen LogP contribution in [0.5, 0.6) is 0 Å². The first-order valence-electron chi connectivity index (χ1n) is 29.5. The molecule has 0 saturated heterocycles. The van der Waals surface area contributed by atoms with E-state index in [4.69, 9.17) is 14.2 Å². The van der Waals surface area contributed by atoms with E-state index in [2.05, 4.69) is 20.8 Å². The van der Waals surface area contributed by atoms with E-state index in [-0.39, 0.29) is 31.1 Å². The average molecular weight is 920 g/mol. The van der Waals surface area contributed by atoms with Crippen LogP contribution < -0.4 is 0 Å². The summed E-state index contributed by atoms with van der Waals surface area (Å²) in [5, 5.41) is 0. The Kier molecular flexibility index (Phi) is 53.7. The highest BCUT2D eigenvalue weighted by Crippen LogP contribution is 2.18. The fourth-order valence-corrected chi connectivity index (χ4v) is 9.15. The minimum Gasteiger partial charge on any atom is -0.462 e. The molecule has 0 aliphatic heterocycles. The molecule has 0 heterocycles. The van der Waals surface area contributed by atoms with E-state index in [1.54, 1.807) is 0 Å². The first kappa shape index (κ1) is 63.4. The SMILES string of the molecule is CCCCCCCCCCCCCCCCCCCCCCCCCCCCCCCCC(=O)OCC(COC(=O)CCCCCCC)OC(=O)CCCCCCCCCCCCCC. The molecule has 6 heteroatoms. The highest BCUT2D eigenvalue weighted by atomic mass is 16.6. The van der Waals surface area contributed by atoms with Crippen LogP contribution in [0.3, 0.4) is 0 Å². The molecule has 0 bridgehead atoms. The van der Waals surface area contributed by atoms with E-state index >= 15 is 0 Å². The van der Waals surface area contributed by atoms with Gasteiger partial charge in [0.25, 0.3) is 0 Å². The number of hydrogen-bond acceptors (Lipinski definition) is 6. The summed E-state index contributed by atoms with van der Waals surface area (Å²) in [7, 11) is 0. The van der Waals surface area contributed by atoms with Gasteiger partial charge in [-0.25, -0.2) is 0 Å². The van der Waals surface area contributed by atoms with Crippen molar-refractivity contribution in [3.05, 3.63) is 0 Å². The second kappa shape index (κ2) is 55.0. The van der Waals surface area contributed by atoms with Crippen molar-refractivity contribution < 1.29 is 28.6 Å². The molecule has 0 radical (unpaired) electrons. The van der Waals surface area contributed by atoms with Gasteiger partial charge < -0.3 is 14.2 Å². The van der Waals surface area contributed by atoms with E-state index in [1.807, 2.05) is 0 Å². The molecule has 0 aromatic rings. The summed E-state index contributed by atoms with van der Waals surface area (Å²) in [4.78, 5) is 37.7. The maximum Gasteiger partial charge on any atom is 0.306 e. The van der Waals surface area contributed by atoms with Crippen molar-refractivity contribution in [3.8, 4) is 0 Å². The van der Waals surface area contributed by atoms with Crippen molar-refractivity contribution in [2.45, 2.75) is 348 Å². The molecule has 386 valence electrons. The summed E-state index contributed by atoms with van der Waals surface area (Å²) in [5.74, 6) is -0.856. The molecule has 1 unspecified atom stereocenters. The second-order valence-corrected chi connectivity index (χ2v) is 20.3. The highest BCUT2D eigenvalue weighted by Gasteiger charge is 2.19. The first-order chi connectivity index (χ1) is 32.0. The van der Waals surface area contributed by atoms with E-state index in [0.717, 1.165) is 64.2 Å². The van der Waals surface area contributed by atoms with Crippen LogP contribution in [0.15, 0.2) is 0 Å². The minimum atomic E-state index is -0.758. The fourth-order valence-electron chi connectivity index (χ4n) is 9.15. The maximum atomic E-state index is 12.7. The van der Waals surface area contributed by atoms with Gasteiger partial charge in [-0.15, -0.1) is 0 Å². The lowest BCUT2D eigenvalue weighted by Gasteiger charge is -2.18. The van der Waals surface area contributed by atoms with Crippen LogP contribution >= 0.6 is 0 Å². The van der Waals surface area contributed by atoms with E-state index in [9.17, 15) is 14.4 Å². The van der Waals surface area contributed by atoms with Gasteiger partial charge in [0.15, 0.2) is 6.10 Å². The van der Waals surface area contributed by atoms with E-state index in [1.165, 1.54) is 238 Å². The van der Waals surface area contributed by atoms with Crippen LogP contribution in [0.25, 0.3) is 0 Å². The molecule has 6 nitrogen and oxygen atoms in total. The molecule has 0 fully saturated rings. The quantitative estimate of drug-likeness (QED) is 0.0344. The maximum absolute atomic E-state index is 12.7. The average Bonchev–Trinajstić information content (AvgIpc) is 3.30. The molecule has 65 heavy (non-hydrogen) atoms. The number of rotatable bonds is 55. The molecule has 0 amide bonds. The zero-order valence-corrected chi connectivity index (χ0v) is 44.3. The zero-order chi connectivity index (χ0) is 47.2. The van der Waals surface area contributed by atoms with Crippen LogP contribution in [0.2, 0.25) is 0 Å². The Balaban J connectivity index is 3.85. The Labute approximate surface area is 406 Å². The van der Waals surface area contributed by atoms with Gasteiger partial charge in [-0.05, 0) is 19.3 Å². The summed E-state index contributed by atoms with van der Waals surface area (Å²) in [6.07, 6.45) is 61.7. The lowest BCUT2D eigenvalue weighted by molar-refractivity contribution is -0.167. The van der Waals surface area contributed by atoms with Gasteiger partial charge in [-0.3, -0.25) is 14.4 Å². The van der Waals surface area contributed by atoms with Crippen LogP contribution in [-0.2, 0) is 28.6 Å². The molecular formula is C59H114O6. The second-order valence-electron chi connectivity index (χ2n) is 20.3. The third kappa shape index (κ3) is 53.2. The Bertz CT molecular complexity index is 967. The van der Waals surface area contributed by atoms with Gasteiger partial charge >= 0.3 is 17.9 Å². The Morgan fingerprint density at radius 3 is 0.615 bits per heavy atom. The number of unbranched alkanes of at least 4 members (excludes halogenated alkanes) is 44. The number of carbonyl (C=O) groups is 3. The molecule has 0 rings (SSSR count). The first-order valence-corrected chi connectivity index (χ1v) is 29.5. The molecule has 0 aliphatic carbocycles. The van der Waals surface area contributed by atoms with Crippen molar-refractivity contribution in [1.82, 2.24) is 0 Å². The van der Waals surface area contributed by atoms with E-state index < -0.39 is 6.10 Å². The molecule has 0 saturated carbocycles. The molecule has 0 aromatic carbocycles. The fraction of sp³-hybridized carbons (Fsp3) is 0.949. The van der Waals surface area contributed by atoms with Gasteiger partial charge in [0, 0.05) is 19.3 Å². The lowest BCUT2D eigenvalue weighted by Crippen LogP contribution is -2.30. The molecular weight excluding hydrogens is 805 g/mol. The third-order valence-corrected chi connectivity index (χ3v) is 13.6. The van der Waals surface area contributed by atoms with Crippen molar-refractivity contribution >= 4 is 17.9 Å². The number of carbonyl (C=O) groups excluding carboxylic acids is 3. The van der Waals surface area contributed by atoms with Crippen LogP contribution in [0.1, 0.15) is 342 Å². The summed E-state index contributed by atoms with van der Waals surface area (Å²) >= 11 is 0. The van der Waals surface area contributed by atoms with Crippen molar-refractivity contribution in [3.63, 3.8) is 0 Å². The van der Waals surface area contributed by atoms with Gasteiger partial charge in [0.2, 0.25) is 0 Å². The largest absolute Gasteiger partial charge is 0.462 e. The molecule has 0 aromatic heterocycles. The van der Waals surface area contributed by atoms with Crippen LogP contribution in [0, 0.1) is 0 Å². The normalized spacial score (nSPS) is 11.9. The smallest absolute Gasteiger partial charge is 0.306 e. The standard InChI is InChI=1S/C59H114O6/c1-4-7-10-13-15-17-19-21-22-23-24-25-26-27-28-29-30-31-32-33-34-35-36-37-38-40-41-43-46-49-52-58(61)64-55-56(54-63-57(60)51-48-45-12-9-6-3)65-59(62)53-50-47-44-42-39-20-18-16-14-11-8-5-2/h56H,4-55H2,1-3H3.